The predicted octanol–water partition coefficient (Wildman–Crippen LogP) is 3.68. The fourth-order valence-electron chi connectivity index (χ4n) is 4.18. The molecule has 3 aliphatic rings. The molecular formula is C23H26N2O3. The van der Waals surface area contributed by atoms with Gasteiger partial charge in [-0.15, -0.1) is 0 Å². The van der Waals surface area contributed by atoms with Crippen molar-refractivity contribution in [2.75, 3.05) is 25.0 Å². The minimum atomic E-state index is -0.612. The number of esters is 1. The number of Topliss-reactive ketones (excluding diaryl/α,β-unsaturated/α-hetero) is 1. The van der Waals surface area contributed by atoms with Crippen molar-refractivity contribution in [1.29, 1.82) is 0 Å². The average Bonchev–Trinajstić information content (AvgIpc) is 2.73. The Labute approximate surface area is 165 Å². The zero-order valence-corrected chi connectivity index (χ0v) is 16.1. The summed E-state index contributed by atoms with van der Waals surface area (Å²) in [4.78, 5) is 27.2. The second-order valence-electron chi connectivity index (χ2n) is 7.74. The zero-order valence-electron chi connectivity index (χ0n) is 16.1. The van der Waals surface area contributed by atoms with Gasteiger partial charge in [0.05, 0.1) is 0 Å². The smallest absolute Gasteiger partial charge is 0.333 e. The van der Waals surface area contributed by atoms with Crippen molar-refractivity contribution >= 4 is 17.4 Å². The van der Waals surface area contributed by atoms with Crippen LogP contribution in [0.1, 0.15) is 41.7 Å². The third kappa shape index (κ3) is 4.09. The van der Waals surface area contributed by atoms with E-state index >= 15 is 0 Å². The summed E-state index contributed by atoms with van der Waals surface area (Å²) in [5.74, 6) is 0.194. The van der Waals surface area contributed by atoms with Crippen LogP contribution < -0.4 is 5.32 Å². The molecular weight excluding hydrogens is 352 g/mol. The Hall–Kier alpha value is -2.66. The molecule has 3 fully saturated rings. The average molecular weight is 378 g/mol. The summed E-state index contributed by atoms with van der Waals surface area (Å²) in [5, 5.41) is 3.28. The van der Waals surface area contributed by atoms with E-state index < -0.39 is 6.04 Å². The highest BCUT2D eigenvalue weighted by Crippen LogP contribution is 2.31. The van der Waals surface area contributed by atoms with Crippen LogP contribution in [0.25, 0.3) is 0 Å². The van der Waals surface area contributed by atoms with E-state index in [1.165, 1.54) is 6.92 Å². The Morgan fingerprint density at radius 2 is 1.82 bits per heavy atom. The number of rotatable bonds is 6. The van der Waals surface area contributed by atoms with Gasteiger partial charge in [0, 0.05) is 17.8 Å². The Kier molecular flexibility index (Phi) is 5.44. The molecule has 3 saturated heterocycles. The molecule has 2 bridgehead atoms. The Balaban J connectivity index is 1.54. The van der Waals surface area contributed by atoms with Crippen LogP contribution in [0.4, 0.5) is 5.69 Å². The number of carbonyl (C=O) groups is 2. The van der Waals surface area contributed by atoms with Crippen molar-refractivity contribution in [3.8, 4) is 0 Å². The van der Waals surface area contributed by atoms with Crippen molar-refractivity contribution in [2.45, 2.75) is 31.9 Å². The summed E-state index contributed by atoms with van der Waals surface area (Å²) < 4.78 is 5.98. The molecule has 0 saturated carbocycles. The van der Waals surface area contributed by atoms with Gasteiger partial charge in [0.1, 0.15) is 6.10 Å². The lowest BCUT2D eigenvalue weighted by atomic mass is 9.86. The molecule has 2 aromatic rings. The third-order valence-electron chi connectivity index (χ3n) is 5.81. The van der Waals surface area contributed by atoms with E-state index in [-0.39, 0.29) is 17.9 Å². The van der Waals surface area contributed by atoms with Crippen LogP contribution in [0, 0.1) is 5.92 Å². The SMILES string of the molecule is CC(=O)c1cccc(NC(C(=O)OC2CN3CCC2CC3)c2ccccc2)c1. The molecule has 2 unspecified atom stereocenters. The molecule has 5 rings (SSSR count). The number of piperidine rings is 3. The number of nitrogens with zero attached hydrogens (tertiary/aromatic N) is 1. The molecule has 5 nitrogen and oxygen atoms in total. The summed E-state index contributed by atoms with van der Waals surface area (Å²) >= 11 is 0. The lowest BCUT2D eigenvalue weighted by Crippen LogP contribution is -2.52. The van der Waals surface area contributed by atoms with Gasteiger partial charge in [-0.05, 0) is 56.5 Å². The van der Waals surface area contributed by atoms with E-state index in [1.807, 2.05) is 42.5 Å². The number of carbonyl (C=O) groups excluding carboxylic acids is 2. The van der Waals surface area contributed by atoms with Crippen LogP contribution in [-0.2, 0) is 9.53 Å². The van der Waals surface area contributed by atoms with E-state index in [9.17, 15) is 9.59 Å². The summed E-state index contributed by atoms with van der Waals surface area (Å²) in [6, 6.07) is 16.2. The minimum Gasteiger partial charge on any atom is -0.459 e. The van der Waals surface area contributed by atoms with Crippen LogP contribution in [0.5, 0.6) is 0 Å². The van der Waals surface area contributed by atoms with Gasteiger partial charge in [0.2, 0.25) is 0 Å². The van der Waals surface area contributed by atoms with Gasteiger partial charge in [0.25, 0.3) is 0 Å². The largest absolute Gasteiger partial charge is 0.459 e. The predicted molar refractivity (Wildman–Crippen MR) is 108 cm³/mol. The Bertz CT molecular complexity index is 844. The summed E-state index contributed by atoms with van der Waals surface area (Å²) in [7, 11) is 0. The number of ether oxygens (including phenoxy) is 1. The topological polar surface area (TPSA) is 58.6 Å². The standard InChI is InChI=1S/C23H26N2O3/c1-16(26)19-8-5-9-20(14-19)24-22(18-6-3-2-4-7-18)23(27)28-21-15-25-12-10-17(21)11-13-25/h2-9,14,17,21-22,24H,10-13,15H2,1H3. The molecule has 0 aliphatic carbocycles. The molecule has 146 valence electrons. The Morgan fingerprint density at radius 1 is 1.07 bits per heavy atom. The van der Waals surface area contributed by atoms with E-state index in [0.717, 1.165) is 43.7 Å². The second kappa shape index (κ2) is 8.15. The van der Waals surface area contributed by atoms with Crippen LogP contribution >= 0.6 is 0 Å². The fourth-order valence-corrected chi connectivity index (χ4v) is 4.18. The van der Waals surface area contributed by atoms with Crippen LogP contribution in [0.2, 0.25) is 0 Å². The highest BCUT2D eigenvalue weighted by Gasteiger charge is 2.37. The first-order valence-electron chi connectivity index (χ1n) is 9.95. The minimum absolute atomic E-state index is 0.00484. The van der Waals surface area contributed by atoms with Crippen LogP contribution in [0.15, 0.2) is 54.6 Å². The number of benzene rings is 2. The summed E-state index contributed by atoms with van der Waals surface area (Å²) in [6.07, 6.45) is 2.16. The van der Waals surface area contributed by atoms with E-state index in [0.29, 0.717) is 11.5 Å². The van der Waals surface area contributed by atoms with E-state index in [2.05, 4.69) is 10.2 Å². The van der Waals surface area contributed by atoms with Crippen molar-refractivity contribution in [3.05, 3.63) is 65.7 Å². The maximum absolute atomic E-state index is 13.1. The number of hydrogen-bond donors (Lipinski definition) is 1. The molecule has 0 radical (unpaired) electrons. The quantitative estimate of drug-likeness (QED) is 0.614. The normalized spacial score (nSPS) is 24.4. The van der Waals surface area contributed by atoms with Gasteiger partial charge >= 0.3 is 5.97 Å². The van der Waals surface area contributed by atoms with Crippen molar-refractivity contribution in [1.82, 2.24) is 4.90 Å². The molecule has 0 spiro atoms. The van der Waals surface area contributed by atoms with Gasteiger partial charge in [-0.3, -0.25) is 9.69 Å². The van der Waals surface area contributed by atoms with Gasteiger partial charge in [-0.25, -0.2) is 4.79 Å². The number of ketones is 1. The first-order valence-corrected chi connectivity index (χ1v) is 9.95. The van der Waals surface area contributed by atoms with E-state index in [1.54, 1.807) is 12.1 Å². The molecule has 5 heteroatoms. The first-order chi connectivity index (χ1) is 13.6. The summed E-state index contributed by atoms with van der Waals surface area (Å²) in [5.41, 5.74) is 2.19. The second-order valence-corrected chi connectivity index (χ2v) is 7.74. The van der Waals surface area contributed by atoms with Gasteiger partial charge in [-0.2, -0.15) is 0 Å². The van der Waals surface area contributed by atoms with Crippen molar-refractivity contribution < 1.29 is 14.3 Å². The van der Waals surface area contributed by atoms with Crippen molar-refractivity contribution in [3.63, 3.8) is 0 Å². The number of anilines is 1. The van der Waals surface area contributed by atoms with E-state index in [4.69, 9.17) is 4.74 Å². The zero-order chi connectivity index (χ0) is 19.5. The number of nitrogens with one attached hydrogen (secondary N) is 1. The van der Waals surface area contributed by atoms with Gasteiger partial charge in [-0.1, -0.05) is 42.5 Å². The van der Waals surface area contributed by atoms with Gasteiger partial charge < -0.3 is 10.1 Å². The van der Waals surface area contributed by atoms with Gasteiger partial charge in [0.15, 0.2) is 11.8 Å². The maximum Gasteiger partial charge on any atom is 0.333 e. The first kappa shape index (κ1) is 18.7. The molecule has 0 amide bonds. The van der Waals surface area contributed by atoms with Crippen molar-refractivity contribution in [2.24, 2.45) is 5.92 Å². The molecule has 3 heterocycles. The lowest BCUT2D eigenvalue weighted by molar-refractivity contribution is -0.159. The molecule has 28 heavy (non-hydrogen) atoms. The molecule has 2 aromatic carbocycles. The molecule has 1 N–H and O–H groups in total. The van der Waals surface area contributed by atoms with Crippen LogP contribution in [-0.4, -0.2) is 42.4 Å². The summed E-state index contributed by atoms with van der Waals surface area (Å²) in [6.45, 7) is 4.58. The number of fused-ring (bicyclic) bond motifs is 3. The Morgan fingerprint density at radius 3 is 2.46 bits per heavy atom. The lowest BCUT2D eigenvalue weighted by Gasteiger charge is -2.44. The van der Waals surface area contributed by atoms with Crippen LogP contribution in [0.3, 0.4) is 0 Å². The molecule has 0 aromatic heterocycles. The highest BCUT2D eigenvalue weighted by atomic mass is 16.5. The molecule has 3 aliphatic heterocycles. The monoisotopic (exact) mass is 378 g/mol. The highest BCUT2D eigenvalue weighted by molar-refractivity contribution is 5.95. The maximum atomic E-state index is 13.1. The third-order valence-corrected chi connectivity index (χ3v) is 5.81. The fraction of sp³-hybridized carbons (Fsp3) is 0.391. The number of hydrogen-bond acceptors (Lipinski definition) is 5. The molecule has 2 atom stereocenters.